The highest BCUT2D eigenvalue weighted by Gasteiger charge is 2.21. The summed E-state index contributed by atoms with van der Waals surface area (Å²) in [5, 5.41) is 2.79. The molecule has 8 nitrogen and oxygen atoms in total. The monoisotopic (exact) mass is 403 g/mol. The van der Waals surface area contributed by atoms with Crippen LogP contribution in [0.2, 0.25) is 0 Å². The SMILES string of the molecule is COC(=O)CC(NC(=O)COc1ccc(OC)cc1)c1ccc(OC)c(OC)c1. The van der Waals surface area contributed by atoms with Crippen molar-refractivity contribution in [2.24, 2.45) is 0 Å². The van der Waals surface area contributed by atoms with Gasteiger partial charge >= 0.3 is 5.97 Å². The van der Waals surface area contributed by atoms with Crippen LogP contribution in [0.15, 0.2) is 42.5 Å². The van der Waals surface area contributed by atoms with E-state index in [1.165, 1.54) is 21.3 Å². The Morgan fingerprint density at radius 2 is 1.52 bits per heavy atom. The molecule has 1 N–H and O–H groups in total. The summed E-state index contributed by atoms with van der Waals surface area (Å²) in [4.78, 5) is 24.2. The maximum atomic E-state index is 12.4. The summed E-state index contributed by atoms with van der Waals surface area (Å²) in [5.74, 6) is 1.40. The number of ether oxygens (including phenoxy) is 5. The fourth-order valence-electron chi connectivity index (χ4n) is 2.63. The van der Waals surface area contributed by atoms with Crippen molar-refractivity contribution in [1.29, 1.82) is 0 Å². The van der Waals surface area contributed by atoms with Crippen molar-refractivity contribution in [1.82, 2.24) is 5.32 Å². The molecule has 2 rings (SSSR count). The zero-order chi connectivity index (χ0) is 21.2. The topological polar surface area (TPSA) is 92.3 Å². The first-order valence-electron chi connectivity index (χ1n) is 8.85. The fraction of sp³-hybridized carbons (Fsp3) is 0.333. The summed E-state index contributed by atoms with van der Waals surface area (Å²) in [6.07, 6.45) is -0.0414. The average molecular weight is 403 g/mol. The third-order valence-corrected chi connectivity index (χ3v) is 4.17. The van der Waals surface area contributed by atoms with E-state index in [0.29, 0.717) is 28.6 Å². The minimum Gasteiger partial charge on any atom is -0.497 e. The molecule has 2 aromatic carbocycles. The molecule has 0 radical (unpaired) electrons. The van der Waals surface area contributed by atoms with Gasteiger partial charge in [0.15, 0.2) is 18.1 Å². The smallest absolute Gasteiger partial charge is 0.307 e. The molecule has 0 spiro atoms. The van der Waals surface area contributed by atoms with Crippen molar-refractivity contribution in [3.63, 3.8) is 0 Å². The van der Waals surface area contributed by atoms with E-state index in [1.54, 1.807) is 49.6 Å². The van der Waals surface area contributed by atoms with Crippen molar-refractivity contribution in [3.05, 3.63) is 48.0 Å². The molecule has 156 valence electrons. The standard InChI is InChI=1S/C21H25NO7/c1-25-15-6-8-16(9-7-15)29-13-20(23)22-17(12-21(24)28-4)14-5-10-18(26-2)19(11-14)27-3/h5-11,17H,12-13H2,1-4H3,(H,22,23). The van der Waals surface area contributed by atoms with E-state index in [2.05, 4.69) is 5.32 Å². The Morgan fingerprint density at radius 3 is 2.10 bits per heavy atom. The molecule has 0 aromatic heterocycles. The Labute approximate surface area is 169 Å². The summed E-state index contributed by atoms with van der Waals surface area (Å²) in [6, 6.07) is 11.4. The molecule has 0 fully saturated rings. The minimum absolute atomic E-state index is 0.0414. The predicted octanol–water partition coefficient (Wildman–Crippen LogP) is 2.51. The van der Waals surface area contributed by atoms with Gasteiger partial charge in [0.1, 0.15) is 11.5 Å². The number of rotatable bonds is 10. The van der Waals surface area contributed by atoms with Crippen LogP contribution >= 0.6 is 0 Å². The number of benzene rings is 2. The third-order valence-electron chi connectivity index (χ3n) is 4.17. The lowest BCUT2D eigenvalue weighted by Gasteiger charge is -2.20. The first kappa shape index (κ1) is 21.9. The maximum Gasteiger partial charge on any atom is 0.307 e. The largest absolute Gasteiger partial charge is 0.497 e. The number of nitrogens with one attached hydrogen (secondary N) is 1. The minimum atomic E-state index is -0.616. The highest BCUT2D eigenvalue weighted by molar-refractivity contribution is 5.79. The summed E-state index contributed by atoms with van der Waals surface area (Å²) in [5.41, 5.74) is 0.672. The highest BCUT2D eigenvalue weighted by atomic mass is 16.5. The van der Waals surface area contributed by atoms with E-state index in [4.69, 9.17) is 23.7 Å². The Balaban J connectivity index is 2.08. The van der Waals surface area contributed by atoms with Crippen LogP contribution in [0.1, 0.15) is 18.0 Å². The van der Waals surface area contributed by atoms with E-state index in [-0.39, 0.29) is 18.9 Å². The van der Waals surface area contributed by atoms with Gasteiger partial charge in [0.2, 0.25) is 0 Å². The zero-order valence-electron chi connectivity index (χ0n) is 16.9. The first-order chi connectivity index (χ1) is 14.0. The normalized spacial score (nSPS) is 11.2. The quantitative estimate of drug-likeness (QED) is 0.610. The van der Waals surface area contributed by atoms with E-state index in [1.807, 2.05) is 0 Å². The Morgan fingerprint density at radius 1 is 0.862 bits per heavy atom. The van der Waals surface area contributed by atoms with Gasteiger partial charge in [0.25, 0.3) is 5.91 Å². The molecule has 0 aliphatic carbocycles. The van der Waals surface area contributed by atoms with E-state index >= 15 is 0 Å². The van der Waals surface area contributed by atoms with Crippen molar-refractivity contribution in [2.45, 2.75) is 12.5 Å². The van der Waals surface area contributed by atoms with Gasteiger partial charge in [-0.05, 0) is 42.0 Å². The molecule has 0 bridgehead atoms. The highest BCUT2D eigenvalue weighted by Crippen LogP contribution is 2.31. The Hall–Kier alpha value is -3.42. The molecule has 1 amide bonds. The average Bonchev–Trinajstić information content (AvgIpc) is 2.76. The van der Waals surface area contributed by atoms with Gasteiger partial charge in [-0.1, -0.05) is 6.07 Å². The van der Waals surface area contributed by atoms with Crippen LogP contribution in [0.5, 0.6) is 23.0 Å². The van der Waals surface area contributed by atoms with Crippen molar-refractivity contribution in [3.8, 4) is 23.0 Å². The third kappa shape index (κ3) is 6.31. The van der Waals surface area contributed by atoms with Gasteiger partial charge in [-0.3, -0.25) is 9.59 Å². The molecule has 0 aliphatic rings. The van der Waals surface area contributed by atoms with Gasteiger partial charge < -0.3 is 29.0 Å². The second kappa shape index (κ2) is 10.8. The van der Waals surface area contributed by atoms with Crippen LogP contribution in [0.4, 0.5) is 0 Å². The Bertz CT molecular complexity index is 820. The molecule has 29 heavy (non-hydrogen) atoms. The number of carbonyl (C=O) groups is 2. The summed E-state index contributed by atoms with van der Waals surface area (Å²) < 4.78 is 25.8. The van der Waals surface area contributed by atoms with Crippen LogP contribution in [0, 0.1) is 0 Å². The van der Waals surface area contributed by atoms with Crippen LogP contribution < -0.4 is 24.3 Å². The van der Waals surface area contributed by atoms with Crippen molar-refractivity contribution in [2.75, 3.05) is 35.0 Å². The second-order valence-corrected chi connectivity index (χ2v) is 5.98. The fourth-order valence-corrected chi connectivity index (χ4v) is 2.63. The lowest BCUT2D eigenvalue weighted by atomic mass is 10.0. The van der Waals surface area contributed by atoms with Crippen LogP contribution in [-0.2, 0) is 14.3 Å². The maximum absolute atomic E-state index is 12.4. The molecular formula is C21H25NO7. The molecule has 0 aliphatic heterocycles. The molecule has 1 unspecified atom stereocenters. The van der Waals surface area contributed by atoms with Gasteiger partial charge in [-0.15, -0.1) is 0 Å². The molecule has 1 atom stereocenters. The number of carbonyl (C=O) groups excluding carboxylic acids is 2. The number of esters is 1. The van der Waals surface area contributed by atoms with E-state index in [0.717, 1.165) is 0 Å². The lowest BCUT2D eigenvalue weighted by Crippen LogP contribution is -2.34. The summed E-state index contributed by atoms with van der Waals surface area (Å²) in [6.45, 7) is -0.211. The number of hydrogen-bond acceptors (Lipinski definition) is 7. The summed E-state index contributed by atoms with van der Waals surface area (Å²) in [7, 11) is 5.90. The van der Waals surface area contributed by atoms with Gasteiger partial charge in [0, 0.05) is 0 Å². The molecular weight excluding hydrogens is 378 g/mol. The number of amides is 1. The number of methoxy groups -OCH3 is 4. The molecule has 0 saturated heterocycles. The second-order valence-electron chi connectivity index (χ2n) is 5.98. The van der Waals surface area contributed by atoms with Crippen LogP contribution in [-0.4, -0.2) is 46.9 Å². The van der Waals surface area contributed by atoms with Gasteiger partial charge in [-0.25, -0.2) is 0 Å². The van der Waals surface area contributed by atoms with Crippen LogP contribution in [0.25, 0.3) is 0 Å². The molecule has 2 aromatic rings. The van der Waals surface area contributed by atoms with Crippen LogP contribution in [0.3, 0.4) is 0 Å². The Kier molecular flexibility index (Phi) is 8.14. The zero-order valence-corrected chi connectivity index (χ0v) is 16.9. The van der Waals surface area contributed by atoms with Crippen molar-refractivity contribution >= 4 is 11.9 Å². The number of hydrogen-bond donors (Lipinski definition) is 1. The predicted molar refractivity (Wildman–Crippen MR) is 106 cm³/mol. The van der Waals surface area contributed by atoms with E-state index in [9.17, 15) is 9.59 Å². The van der Waals surface area contributed by atoms with Crippen molar-refractivity contribution < 1.29 is 33.3 Å². The molecule has 0 heterocycles. The summed E-state index contributed by atoms with van der Waals surface area (Å²) >= 11 is 0. The lowest BCUT2D eigenvalue weighted by molar-refractivity contribution is -0.141. The molecule has 0 saturated carbocycles. The van der Waals surface area contributed by atoms with Gasteiger partial charge in [-0.2, -0.15) is 0 Å². The first-order valence-corrected chi connectivity index (χ1v) is 8.85. The molecule has 8 heteroatoms. The van der Waals surface area contributed by atoms with Gasteiger partial charge in [0.05, 0.1) is 40.9 Å². The van der Waals surface area contributed by atoms with E-state index < -0.39 is 12.0 Å².